The fourth-order valence-corrected chi connectivity index (χ4v) is 1.90. The van der Waals surface area contributed by atoms with Gasteiger partial charge in [0.1, 0.15) is 11.1 Å². The molecule has 0 bridgehead atoms. The van der Waals surface area contributed by atoms with Crippen LogP contribution in [0.4, 0.5) is 4.79 Å². The standard InChI is InChI=1S/C15H20N4O3/c1-15(2,3)22-14(21)16-10-6-9-13(20)19-12-8-5-4-7-11(12)17-18-19/h4-5,7-8H,6,9-10H2,1-3H3,(H,16,21). The van der Waals surface area contributed by atoms with Crippen LogP contribution < -0.4 is 5.32 Å². The van der Waals surface area contributed by atoms with Crippen LogP contribution in [0.5, 0.6) is 0 Å². The van der Waals surface area contributed by atoms with Crippen LogP contribution in [-0.4, -0.2) is 39.1 Å². The van der Waals surface area contributed by atoms with Crippen LogP contribution in [0, 0.1) is 0 Å². The number of benzene rings is 1. The lowest BCUT2D eigenvalue weighted by atomic mass is 10.2. The van der Waals surface area contributed by atoms with Crippen molar-refractivity contribution in [2.75, 3.05) is 6.54 Å². The smallest absolute Gasteiger partial charge is 0.407 e. The van der Waals surface area contributed by atoms with Gasteiger partial charge >= 0.3 is 6.09 Å². The molecule has 0 aliphatic carbocycles. The molecule has 0 saturated carbocycles. The van der Waals surface area contributed by atoms with Crippen molar-refractivity contribution in [1.29, 1.82) is 0 Å². The molecular weight excluding hydrogens is 284 g/mol. The predicted octanol–water partition coefficient (Wildman–Crippen LogP) is 2.38. The summed E-state index contributed by atoms with van der Waals surface area (Å²) in [6.07, 6.45) is 0.293. The molecular formula is C15H20N4O3. The summed E-state index contributed by atoms with van der Waals surface area (Å²) in [7, 11) is 0. The van der Waals surface area contributed by atoms with Crippen molar-refractivity contribution in [2.45, 2.75) is 39.2 Å². The van der Waals surface area contributed by atoms with E-state index in [1.165, 1.54) is 4.68 Å². The molecule has 0 atom stereocenters. The predicted molar refractivity (Wildman–Crippen MR) is 81.6 cm³/mol. The van der Waals surface area contributed by atoms with E-state index in [0.29, 0.717) is 24.0 Å². The Hall–Kier alpha value is -2.44. The van der Waals surface area contributed by atoms with E-state index >= 15 is 0 Å². The molecule has 22 heavy (non-hydrogen) atoms. The monoisotopic (exact) mass is 304 g/mol. The Morgan fingerprint density at radius 1 is 1.27 bits per heavy atom. The van der Waals surface area contributed by atoms with Crippen LogP contribution in [0.15, 0.2) is 24.3 Å². The maximum Gasteiger partial charge on any atom is 0.407 e. The van der Waals surface area contributed by atoms with Crippen LogP contribution in [0.2, 0.25) is 0 Å². The van der Waals surface area contributed by atoms with Crippen molar-refractivity contribution < 1.29 is 14.3 Å². The summed E-state index contributed by atoms with van der Waals surface area (Å²) in [4.78, 5) is 23.6. The number of carbonyl (C=O) groups is 2. The van der Waals surface area contributed by atoms with Crippen LogP contribution in [0.1, 0.15) is 38.4 Å². The number of carbonyl (C=O) groups excluding carboxylic acids is 2. The number of nitrogens with zero attached hydrogens (tertiary/aromatic N) is 3. The molecule has 0 unspecified atom stereocenters. The zero-order valence-corrected chi connectivity index (χ0v) is 13.0. The van der Waals surface area contributed by atoms with Crippen molar-refractivity contribution >= 4 is 23.0 Å². The van der Waals surface area contributed by atoms with Crippen LogP contribution in [-0.2, 0) is 4.74 Å². The zero-order chi connectivity index (χ0) is 16.2. The first-order valence-electron chi connectivity index (χ1n) is 7.17. The Bertz CT molecular complexity index is 673. The zero-order valence-electron chi connectivity index (χ0n) is 13.0. The third-order valence-corrected chi connectivity index (χ3v) is 2.82. The van der Waals surface area contributed by atoms with Gasteiger partial charge in [-0.25, -0.2) is 4.79 Å². The van der Waals surface area contributed by atoms with Gasteiger partial charge < -0.3 is 10.1 Å². The lowest BCUT2D eigenvalue weighted by Crippen LogP contribution is -2.33. The van der Waals surface area contributed by atoms with Crippen LogP contribution >= 0.6 is 0 Å². The normalized spacial score (nSPS) is 11.4. The van der Waals surface area contributed by atoms with E-state index in [1.54, 1.807) is 32.9 Å². The fraction of sp³-hybridized carbons (Fsp3) is 0.467. The lowest BCUT2D eigenvalue weighted by Gasteiger charge is -2.19. The van der Waals surface area contributed by atoms with E-state index in [0.717, 1.165) is 0 Å². The van der Waals surface area contributed by atoms with Crippen molar-refractivity contribution in [3.63, 3.8) is 0 Å². The highest BCUT2D eigenvalue weighted by Gasteiger charge is 2.16. The Kier molecular flexibility index (Phi) is 4.75. The van der Waals surface area contributed by atoms with E-state index in [-0.39, 0.29) is 12.3 Å². The topological polar surface area (TPSA) is 86.1 Å². The van der Waals surface area contributed by atoms with Gasteiger partial charge in [-0.3, -0.25) is 4.79 Å². The number of hydrogen-bond acceptors (Lipinski definition) is 5. The van der Waals surface area contributed by atoms with E-state index in [1.807, 2.05) is 12.1 Å². The molecule has 0 aliphatic rings. The molecule has 1 amide bonds. The third-order valence-electron chi connectivity index (χ3n) is 2.82. The summed E-state index contributed by atoms with van der Waals surface area (Å²) in [5, 5.41) is 10.4. The first-order chi connectivity index (χ1) is 10.4. The Morgan fingerprint density at radius 2 is 2.00 bits per heavy atom. The van der Waals surface area contributed by atoms with Gasteiger partial charge in [0.2, 0.25) is 5.91 Å². The Labute approximate surface area is 128 Å². The third kappa shape index (κ3) is 4.28. The quantitative estimate of drug-likeness (QED) is 0.876. The number of nitrogens with one attached hydrogen (secondary N) is 1. The number of fused-ring (bicyclic) bond motifs is 1. The largest absolute Gasteiger partial charge is 0.444 e. The van der Waals surface area contributed by atoms with Crippen molar-refractivity contribution in [3.05, 3.63) is 24.3 Å². The second-order valence-corrected chi connectivity index (χ2v) is 5.92. The minimum Gasteiger partial charge on any atom is -0.444 e. The summed E-state index contributed by atoms with van der Waals surface area (Å²) < 4.78 is 6.41. The average Bonchev–Trinajstić information content (AvgIpc) is 2.85. The van der Waals surface area contributed by atoms with Crippen molar-refractivity contribution in [1.82, 2.24) is 20.3 Å². The minimum absolute atomic E-state index is 0.153. The van der Waals surface area contributed by atoms with Crippen LogP contribution in [0.25, 0.3) is 11.0 Å². The summed E-state index contributed by atoms with van der Waals surface area (Å²) in [5.41, 5.74) is 0.842. The summed E-state index contributed by atoms with van der Waals surface area (Å²) in [6.45, 7) is 5.76. The van der Waals surface area contributed by atoms with Gasteiger partial charge in [0, 0.05) is 13.0 Å². The molecule has 0 saturated heterocycles. The molecule has 0 radical (unpaired) electrons. The molecule has 1 N–H and O–H groups in total. The fourth-order valence-electron chi connectivity index (χ4n) is 1.90. The van der Waals surface area contributed by atoms with Gasteiger partial charge in [0.05, 0.1) is 5.52 Å². The molecule has 118 valence electrons. The average molecular weight is 304 g/mol. The molecule has 1 aromatic carbocycles. The molecule has 2 aromatic rings. The molecule has 1 aromatic heterocycles. The van der Waals surface area contributed by atoms with Gasteiger partial charge in [-0.2, -0.15) is 4.68 Å². The first kappa shape index (κ1) is 15.9. The summed E-state index contributed by atoms with van der Waals surface area (Å²) >= 11 is 0. The number of hydrogen-bond donors (Lipinski definition) is 1. The molecule has 7 nitrogen and oxygen atoms in total. The second kappa shape index (κ2) is 6.55. The number of rotatable bonds is 4. The Morgan fingerprint density at radius 3 is 2.73 bits per heavy atom. The van der Waals surface area contributed by atoms with Gasteiger partial charge in [-0.15, -0.1) is 5.10 Å². The summed E-state index contributed by atoms with van der Waals surface area (Å²) in [5.74, 6) is -0.153. The van der Waals surface area contributed by atoms with E-state index in [4.69, 9.17) is 4.74 Å². The number of aromatic nitrogens is 3. The van der Waals surface area contributed by atoms with Crippen molar-refractivity contribution in [3.8, 4) is 0 Å². The highest BCUT2D eigenvalue weighted by molar-refractivity contribution is 5.88. The van der Waals surface area contributed by atoms with Gasteiger partial charge in [-0.05, 0) is 39.3 Å². The number of amides is 1. The first-order valence-corrected chi connectivity index (χ1v) is 7.17. The molecule has 7 heteroatoms. The molecule has 0 fully saturated rings. The SMILES string of the molecule is CC(C)(C)OC(=O)NCCCC(=O)n1nnc2ccccc21. The van der Waals surface area contributed by atoms with Crippen LogP contribution in [0.3, 0.4) is 0 Å². The molecule has 2 rings (SSSR count). The van der Waals surface area contributed by atoms with Crippen molar-refractivity contribution in [2.24, 2.45) is 0 Å². The minimum atomic E-state index is -0.528. The van der Waals surface area contributed by atoms with Gasteiger partial charge in [-0.1, -0.05) is 17.3 Å². The number of ether oxygens (including phenoxy) is 1. The van der Waals surface area contributed by atoms with E-state index in [9.17, 15) is 9.59 Å². The second-order valence-electron chi connectivity index (χ2n) is 5.92. The van der Waals surface area contributed by atoms with E-state index < -0.39 is 11.7 Å². The molecule has 0 spiro atoms. The Balaban J connectivity index is 1.80. The maximum absolute atomic E-state index is 12.1. The summed E-state index contributed by atoms with van der Waals surface area (Å²) in [6, 6.07) is 7.28. The highest BCUT2D eigenvalue weighted by Crippen LogP contribution is 2.10. The maximum atomic E-state index is 12.1. The number of para-hydroxylation sites is 1. The highest BCUT2D eigenvalue weighted by atomic mass is 16.6. The van der Waals surface area contributed by atoms with Gasteiger partial charge in [0.15, 0.2) is 0 Å². The lowest BCUT2D eigenvalue weighted by molar-refractivity contribution is 0.0525. The molecule has 1 heterocycles. The molecule has 0 aliphatic heterocycles. The van der Waals surface area contributed by atoms with E-state index in [2.05, 4.69) is 15.6 Å². The number of alkyl carbamates (subject to hydrolysis) is 1. The van der Waals surface area contributed by atoms with Gasteiger partial charge in [0.25, 0.3) is 0 Å².